The van der Waals surface area contributed by atoms with Gasteiger partial charge < -0.3 is 15.5 Å². The summed E-state index contributed by atoms with van der Waals surface area (Å²) in [5.74, 6) is 0. The molecule has 4 heteroatoms. The van der Waals surface area contributed by atoms with Crippen molar-refractivity contribution in [3.05, 3.63) is 0 Å². The maximum atomic E-state index is 5.51. The van der Waals surface area contributed by atoms with Crippen molar-refractivity contribution in [2.45, 2.75) is 75.8 Å². The smallest absolute Gasteiger partial charge is 0.166 e. The average Bonchev–Trinajstić information content (AvgIpc) is 2.47. The van der Waals surface area contributed by atoms with Gasteiger partial charge in [-0.1, -0.05) is 25.7 Å². The first-order valence-electron chi connectivity index (χ1n) is 8.47. The topological polar surface area (TPSA) is 28.5 Å². The first kappa shape index (κ1) is 16.0. The predicted molar refractivity (Wildman–Crippen MR) is 89.2 cm³/mol. The molecule has 0 aromatic rings. The molecule has 0 heterocycles. The van der Waals surface area contributed by atoms with Crippen LogP contribution in [0.1, 0.15) is 64.2 Å². The maximum absolute atomic E-state index is 5.51. The summed E-state index contributed by atoms with van der Waals surface area (Å²) in [4.78, 5) is 1.57. The normalized spacial score (nSPS) is 23.6. The Balaban J connectivity index is 1.78. The van der Waals surface area contributed by atoms with Crippen LogP contribution in [0.5, 0.6) is 0 Å². The van der Waals surface area contributed by atoms with Crippen LogP contribution in [0, 0.1) is 0 Å². The molecule has 20 heavy (non-hydrogen) atoms. The highest BCUT2D eigenvalue weighted by Gasteiger charge is 2.38. The summed E-state index contributed by atoms with van der Waals surface area (Å²) in [6, 6.07) is 0.609. The Morgan fingerprint density at radius 3 is 2.25 bits per heavy atom. The van der Waals surface area contributed by atoms with E-state index in [-0.39, 0.29) is 0 Å². The van der Waals surface area contributed by atoms with E-state index in [0.29, 0.717) is 11.6 Å². The second-order valence-electron chi connectivity index (χ2n) is 7.00. The van der Waals surface area contributed by atoms with E-state index in [0.717, 1.165) is 11.7 Å². The predicted octanol–water partition coefficient (Wildman–Crippen LogP) is 1.63. The highest BCUT2D eigenvalue weighted by molar-refractivity contribution is 7.80. The Bertz CT molecular complexity index is 305. The molecule has 0 bridgehead atoms. The molecule has 0 radical (unpaired) electrons. The largest absolute Gasteiger partial charge is 0.360 e. The molecule has 0 aliphatic heterocycles. The summed E-state index contributed by atoms with van der Waals surface area (Å²) in [5, 5.41) is 7.92. The fourth-order valence-corrected chi connectivity index (χ4v) is 4.05. The molecular weight excluding hydrogens is 266 g/mol. The van der Waals surface area contributed by atoms with Gasteiger partial charge in [0.05, 0.1) is 20.6 Å². The minimum atomic E-state index is 0.385. The van der Waals surface area contributed by atoms with Gasteiger partial charge in [0.1, 0.15) is 5.54 Å². The van der Waals surface area contributed by atoms with Gasteiger partial charge in [0.25, 0.3) is 0 Å². The van der Waals surface area contributed by atoms with Crippen LogP contribution in [0.25, 0.3) is 0 Å². The van der Waals surface area contributed by atoms with Crippen LogP contribution < -0.4 is 15.5 Å². The molecule has 2 aliphatic rings. The molecule has 2 fully saturated rings. The van der Waals surface area contributed by atoms with Gasteiger partial charge in [-0.05, 0) is 37.9 Å². The van der Waals surface area contributed by atoms with Gasteiger partial charge in [-0.2, -0.15) is 0 Å². The Morgan fingerprint density at radius 2 is 1.65 bits per heavy atom. The van der Waals surface area contributed by atoms with E-state index in [1.54, 1.807) is 4.90 Å². The van der Waals surface area contributed by atoms with E-state index in [2.05, 4.69) is 24.7 Å². The highest BCUT2D eigenvalue weighted by atomic mass is 32.1. The maximum Gasteiger partial charge on any atom is 0.166 e. The van der Waals surface area contributed by atoms with Crippen molar-refractivity contribution in [3.63, 3.8) is 0 Å². The van der Waals surface area contributed by atoms with Gasteiger partial charge in [-0.25, -0.2) is 0 Å². The van der Waals surface area contributed by atoms with E-state index in [4.69, 9.17) is 12.2 Å². The second kappa shape index (κ2) is 7.60. The van der Waals surface area contributed by atoms with Gasteiger partial charge in [-0.15, -0.1) is 0 Å². The van der Waals surface area contributed by atoms with E-state index in [1.165, 1.54) is 64.2 Å². The molecule has 0 saturated heterocycles. The van der Waals surface area contributed by atoms with Gasteiger partial charge >= 0.3 is 0 Å². The number of thiocarbonyl (C=S) groups is 1. The van der Waals surface area contributed by atoms with Gasteiger partial charge in [0.2, 0.25) is 0 Å². The number of hydrogen-bond acceptors (Lipinski definition) is 1. The molecule has 0 unspecified atom stereocenters. The number of quaternary nitrogens is 1. The van der Waals surface area contributed by atoms with Crippen LogP contribution in [0.4, 0.5) is 0 Å². The third-order valence-corrected chi connectivity index (χ3v) is 5.66. The summed E-state index contributed by atoms with van der Waals surface area (Å²) in [5.41, 5.74) is 0.385. The molecule has 2 rings (SSSR count). The van der Waals surface area contributed by atoms with Crippen molar-refractivity contribution in [1.29, 1.82) is 0 Å². The molecule has 0 atom stereocenters. The lowest BCUT2D eigenvalue weighted by Crippen LogP contribution is -3.16. The lowest BCUT2D eigenvalue weighted by molar-refractivity contribution is -0.916. The molecule has 0 spiro atoms. The van der Waals surface area contributed by atoms with Crippen LogP contribution in [0.2, 0.25) is 0 Å². The molecule has 2 saturated carbocycles. The Labute approximate surface area is 129 Å². The van der Waals surface area contributed by atoms with E-state index >= 15 is 0 Å². The average molecular weight is 299 g/mol. The van der Waals surface area contributed by atoms with Crippen molar-refractivity contribution in [3.8, 4) is 0 Å². The fourth-order valence-electron chi connectivity index (χ4n) is 3.81. The van der Waals surface area contributed by atoms with Crippen LogP contribution >= 0.6 is 12.2 Å². The zero-order chi connectivity index (χ0) is 14.4. The fraction of sp³-hybridized carbons (Fsp3) is 0.938. The van der Waals surface area contributed by atoms with Crippen LogP contribution in [-0.2, 0) is 0 Å². The molecule has 116 valence electrons. The summed E-state index contributed by atoms with van der Waals surface area (Å²) >= 11 is 5.51. The second-order valence-corrected chi connectivity index (χ2v) is 7.41. The number of nitrogens with one attached hydrogen (secondary N) is 3. The molecule has 0 amide bonds. The minimum Gasteiger partial charge on any atom is -0.360 e. The quantitative estimate of drug-likeness (QED) is 0.689. The van der Waals surface area contributed by atoms with Crippen LogP contribution in [-0.4, -0.2) is 37.3 Å². The number of likely N-dealkylation sites (N-methyl/N-ethyl adjacent to an activating group) is 1. The van der Waals surface area contributed by atoms with Gasteiger partial charge in [0.15, 0.2) is 5.11 Å². The Hall–Kier alpha value is -0.350. The minimum absolute atomic E-state index is 0.385. The molecule has 3 N–H and O–H groups in total. The monoisotopic (exact) mass is 298 g/mol. The Kier molecular flexibility index (Phi) is 6.09. The molecule has 0 aromatic heterocycles. The number of hydrogen-bond donors (Lipinski definition) is 3. The number of rotatable bonds is 4. The van der Waals surface area contributed by atoms with Crippen molar-refractivity contribution in [1.82, 2.24) is 10.6 Å². The summed E-state index contributed by atoms with van der Waals surface area (Å²) in [6.07, 6.45) is 13.5. The zero-order valence-electron chi connectivity index (χ0n) is 13.3. The van der Waals surface area contributed by atoms with Crippen molar-refractivity contribution >= 4 is 17.3 Å². The molecule has 3 nitrogen and oxygen atoms in total. The summed E-state index contributed by atoms with van der Waals surface area (Å²) in [6.45, 7) is 1.02. The molecule has 0 aromatic carbocycles. The van der Waals surface area contributed by atoms with Crippen molar-refractivity contribution in [2.24, 2.45) is 0 Å². The summed E-state index contributed by atoms with van der Waals surface area (Å²) in [7, 11) is 4.59. The zero-order valence-corrected chi connectivity index (χ0v) is 14.1. The first-order valence-corrected chi connectivity index (χ1v) is 8.88. The van der Waals surface area contributed by atoms with Crippen molar-refractivity contribution in [2.75, 3.05) is 20.6 Å². The third kappa shape index (κ3) is 4.32. The van der Waals surface area contributed by atoms with Crippen LogP contribution in [0.15, 0.2) is 0 Å². The van der Waals surface area contributed by atoms with E-state index < -0.39 is 0 Å². The molecule has 2 aliphatic carbocycles. The molecular formula is C16H32N3S+. The Morgan fingerprint density at radius 1 is 1.05 bits per heavy atom. The highest BCUT2D eigenvalue weighted by Crippen LogP contribution is 2.25. The summed E-state index contributed by atoms with van der Waals surface area (Å²) < 4.78 is 0. The SMILES string of the molecule is C[NH+](C)C1(CNC(=S)NC2CCCCC2)CCCCC1. The van der Waals surface area contributed by atoms with Gasteiger partial charge in [0, 0.05) is 18.9 Å². The van der Waals surface area contributed by atoms with E-state index in [9.17, 15) is 0 Å². The van der Waals surface area contributed by atoms with Crippen molar-refractivity contribution < 1.29 is 4.90 Å². The lowest BCUT2D eigenvalue weighted by Gasteiger charge is -2.40. The van der Waals surface area contributed by atoms with Gasteiger partial charge in [-0.3, -0.25) is 0 Å². The lowest BCUT2D eigenvalue weighted by atomic mass is 9.80. The van der Waals surface area contributed by atoms with E-state index in [1.807, 2.05) is 0 Å². The third-order valence-electron chi connectivity index (χ3n) is 5.40. The standard InChI is InChI=1S/C16H31N3S/c1-19(2)16(11-7-4-8-12-16)13-17-15(20)18-14-9-5-3-6-10-14/h14H,3-13H2,1-2H3,(H2,17,18,20)/p+1. The first-order chi connectivity index (χ1) is 9.62. The van der Waals surface area contributed by atoms with Crippen LogP contribution in [0.3, 0.4) is 0 Å².